The highest BCUT2D eigenvalue weighted by Crippen LogP contribution is 2.08. The molecule has 0 aliphatic rings. The number of hydrogen-bond donors (Lipinski definition) is 3. The van der Waals surface area contributed by atoms with Crippen LogP contribution in [-0.2, 0) is 4.79 Å². The molecule has 2 aromatic rings. The van der Waals surface area contributed by atoms with Gasteiger partial charge in [0.15, 0.2) is 0 Å². The van der Waals surface area contributed by atoms with E-state index in [0.717, 1.165) is 11.0 Å². The number of benzene rings is 1. The average Bonchev–Trinajstić information content (AvgIpc) is 2.73. The Kier molecular flexibility index (Phi) is 4.11. The maximum Gasteiger partial charge on any atom is 0.304 e. The third-order valence-electron chi connectivity index (χ3n) is 2.56. The topological polar surface area (TPSA) is 86.2 Å². The van der Waals surface area contributed by atoms with Crippen molar-refractivity contribution in [3.63, 3.8) is 0 Å². The SMILES string of the molecule is C=c1nc2ccc(=C(O)CSCCC(=O)O)cc2[nH]1. The van der Waals surface area contributed by atoms with Gasteiger partial charge in [0.2, 0.25) is 0 Å². The van der Waals surface area contributed by atoms with E-state index >= 15 is 0 Å². The molecule has 0 fully saturated rings. The summed E-state index contributed by atoms with van der Waals surface area (Å²) in [4.78, 5) is 17.5. The van der Waals surface area contributed by atoms with Crippen LogP contribution in [0.1, 0.15) is 6.42 Å². The minimum atomic E-state index is -0.825. The smallest absolute Gasteiger partial charge is 0.304 e. The molecule has 0 unspecified atom stereocenters. The number of aliphatic hydroxyl groups excluding tert-OH is 1. The van der Waals surface area contributed by atoms with Gasteiger partial charge in [0.25, 0.3) is 0 Å². The second kappa shape index (κ2) is 5.79. The summed E-state index contributed by atoms with van der Waals surface area (Å²) in [5, 5.41) is 19.2. The zero-order valence-electron chi connectivity index (χ0n) is 10.2. The van der Waals surface area contributed by atoms with E-state index in [0.29, 0.717) is 22.2 Å². The molecular weight excluding hydrogens is 264 g/mol. The number of imidazole rings is 1. The quantitative estimate of drug-likeness (QED) is 0.706. The molecule has 0 bridgehead atoms. The monoisotopic (exact) mass is 278 g/mol. The number of aliphatic hydroxyl groups is 1. The van der Waals surface area contributed by atoms with Crippen LogP contribution in [0.25, 0.3) is 23.4 Å². The molecule has 0 atom stereocenters. The fourth-order valence-electron chi connectivity index (χ4n) is 1.65. The van der Waals surface area contributed by atoms with Gasteiger partial charge in [-0.1, -0.05) is 6.58 Å². The first kappa shape index (κ1) is 13.5. The first-order valence-electron chi connectivity index (χ1n) is 5.72. The lowest BCUT2D eigenvalue weighted by molar-refractivity contribution is -0.136. The molecule has 100 valence electrons. The fourth-order valence-corrected chi connectivity index (χ4v) is 2.48. The number of thioether (sulfide) groups is 1. The highest BCUT2D eigenvalue weighted by atomic mass is 32.2. The first-order chi connectivity index (χ1) is 9.06. The number of hydrogen-bond acceptors (Lipinski definition) is 4. The number of carbonyl (C=O) groups is 1. The first-order valence-corrected chi connectivity index (χ1v) is 6.88. The van der Waals surface area contributed by atoms with E-state index in [9.17, 15) is 9.90 Å². The summed E-state index contributed by atoms with van der Waals surface area (Å²) >= 11 is 1.39. The van der Waals surface area contributed by atoms with E-state index in [4.69, 9.17) is 5.11 Å². The lowest BCUT2D eigenvalue weighted by atomic mass is 10.2. The van der Waals surface area contributed by atoms with Crippen molar-refractivity contribution >= 4 is 41.1 Å². The van der Waals surface area contributed by atoms with Crippen molar-refractivity contribution in [1.29, 1.82) is 0 Å². The summed E-state index contributed by atoms with van der Waals surface area (Å²) in [7, 11) is 0. The minimum Gasteiger partial charge on any atom is -0.511 e. The van der Waals surface area contributed by atoms with Gasteiger partial charge < -0.3 is 15.2 Å². The van der Waals surface area contributed by atoms with Crippen molar-refractivity contribution in [3.05, 3.63) is 28.9 Å². The van der Waals surface area contributed by atoms with E-state index in [1.54, 1.807) is 6.07 Å². The molecule has 1 aromatic carbocycles. The van der Waals surface area contributed by atoms with E-state index in [-0.39, 0.29) is 12.2 Å². The van der Waals surface area contributed by atoms with Crippen LogP contribution in [0.4, 0.5) is 0 Å². The van der Waals surface area contributed by atoms with Crippen molar-refractivity contribution in [3.8, 4) is 0 Å². The molecule has 19 heavy (non-hydrogen) atoms. The summed E-state index contributed by atoms with van der Waals surface area (Å²) in [6.07, 6.45) is 0.0996. The van der Waals surface area contributed by atoms with E-state index in [2.05, 4.69) is 16.5 Å². The standard InChI is InChI=1S/C13H14N2O3S/c1-8-14-10-3-2-9(6-11(10)15-8)12(16)7-19-5-4-13(17)18/h2-3,6,15-16H,1,4-5,7H2,(H,17,18). The van der Waals surface area contributed by atoms with E-state index in [1.807, 2.05) is 12.1 Å². The Labute approximate surface area is 113 Å². The Hall–Kier alpha value is -1.95. The molecule has 3 N–H and O–H groups in total. The van der Waals surface area contributed by atoms with Crippen LogP contribution in [0.5, 0.6) is 0 Å². The zero-order valence-corrected chi connectivity index (χ0v) is 11.0. The summed E-state index contributed by atoms with van der Waals surface area (Å²) in [5.74, 6) is 0.283. The number of aliphatic carboxylic acids is 1. The molecule has 2 rings (SSSR count). The molecule has 0 aliphatic carbocycles. The van der Waals surface area contributed by atoms with Gasteiger partial charge in [-0.05, 0) is 18.2 Å². The highest BCUT2D eigenvalue weighted by molar-refractivity contribution is 7.99. The summed E-state index contributed by atoms with van der Waals surface area (Å²) in [5.41, 5.74) is 2.21. The summed E-state index contributed by atoms with van der Waals surface area (Å²) in [6.45, 7) is 3.71. The summed E-state index contributed by atoms with van der Waals surface area (Å²) < 4.78 is 0. The average molecular weight is 278 g/mol. The summed E-state index contributed by atoms with van der Waals surface area (Å²) in [6, 6.07) is 5.41. The molecule has 1 heterocycles. The van der Waals surface area contributed by atoms with Crippen molar-refractivity contribution in [2.24, 2.45) is 0 Å². The van der Waals surface area contributed by atoms with Crippen LogP contribution in [-0.4, -0.2) is 37.7 Å². The van der Waals surface area contributed by atoms with Gasteiger partial charge in [0, 0.05) is 11.0 Å². The molecule has 0 amide bonds. The van der Waals surface area contributed by atoms with Gasteiger partial charge in [-0.15, -0.1) is 0 Å². The maximum atomic E-state index is 10.4. The third kappa shape index (κ3) is 3.51. The van der Waals surface area contributed by atoms with E-state index < -0.39 is 5.97 Å². The zero-order chi connectivity index (χ0) is 13.8. The number of H-pyrrole nitrogens is 1. The highest BCUT2D eigenvalue weighted by Gasteiger charge is 2.01. The number of nitrogens with zero attached hydrogens (tertiary/aromatic N) is 1. The van der Waals surface area contributed by atoms with Gasteiger partial charge in [0.05, 0.1) is 23.2 Å². The maximum absolute atomic E-state index is 10.4. The lowest BCUT2D eigenvalue weighted by Crippen LogP contribution is -2.07. The predicted octanol–water partition coefficient (Wildman–Crippen LogP) is 0.847. The van der Waals surface area contributed by atoms with Crippen LogP contribution >= 0.6 is 11.8 Å². The molecule has 0 spiro atoms. The Bertz CT molecular complexity index is 708. The number of carboxylic acid groups (broad SMARTS) is 1. The molecule has 1 aromatic heterocycles. The number of aromatic amines is 1. The van der Waals surface area contributed by atoms with Gasteiger partial charge in [-0.3, -0.25) is 4.79 Å². The number of nitrogens with one attached hydrogen (secondary N) is 1. The van der Waals surface area contributed by atoms with E-state index in [1.165, 1.54) is 11.8 Å². The number of rotatable bonds is 5. The molecular formula is C13H14N2O3S. The van der Waals surface area contributed by atoms with Crippen molar-refractivity contribution in [1.82, 2.24) is 9.97 Å². The van der Waals surface area contributed by atoms with Crippen LogP contribution in [0.3, 0.4) is 0 Å². The Balaban J connectivity index is 2.13. The number of aromatic nitrogens is 2. The number of carboxylic acids is 1. The van der Waals surface area contributed by atoms with Crippen LogP contribution in [0, 0.1) is 0 Å². The Morgan fingerprint density at radius 1 is 1.42 bits per heavy atom. The third-order valence-corrected chi connectivity index (χ3v) is 3.53. The predicted molar refractivity (Wildman–Crippen MR) is 76.5 cm³/mol. The second-order valence-electron chi connectivity index (χ2n) is 4.06. The number of fused-ring (bicyclic) bond motifs is 1. The Morgan fingerprint density at radius 3 is 2.95 bits per heavy atom. The van der Waals surface area contributed by atoms with Crippen LogP contribution < -0.4 is 10.7 Å². The molecule has 0 saturated carbocycles. The van der Waals surface area contributed by atoms with Crippen molar-refractivity contribution < 1.29 is 15.0 Å². The Morgan fingerprint density at radius 2 is 2.21 bits per heavy atom. The van der Waals surface area contributed by atoms with Gasteiger partial charge >= 0.3 is 5.97 Å². The van der Waals surface area contributed by atoms with Gasteiger partial charge in [0.1, 0.15) is 11.2 Å². The normalized spacial score (nSPS) is 12.6. The van der Waals surface area contributed by atoms with Crippen molar-refractivity contribution in [2.75, 3.05) is 11.5 Å². The van der Waals surface area contributed by atoms with Gasteiger partial charge in [-0.25, -0.2) is 4.98 Å². The van der Waals surface area contributed by atoms with Crippen LogP contribution in [0.15, 0.2) is 18.2 Å². The van der Waals surface area contributed by atoms with Crippen LogP contribution in [0.2, 0.25) is 0 Å². The minimum absolute atomic E-state index is 0.0996. The largest absolute Gasteiger partial charge is 0.511 e. The molecule has 0 saturated heterocycles. The van der Waals surface area contributed by atoms with Gasteiger partial charge in [-0.2, -0.15) is 11.8 Å². The molecule has 5 nitrogen and oxygen atoms in total. The van der Waals surface area contributed by atoms with Crippen molar-refractivity contribution in [2.45, 2.75) is 6.42 Å². The fraction of sp³-hybridized carbons (Fsp3) is 0.231. The molecule has 6 heteroatoms. The lowest BCUT2D eigenvalue weighted by Gasteiger charge is -1.99. The molecule has 0 radical (unpaired) electrons. The second-order valence-corrected chi connectivity index (χ2v) is 5.16. The molecule has 0 aliphatic heterocycles.